The molecule has 0 fully saturated rings. The molecule has 4 nitrogen and oxygen atoms in total. The summed E-state index contributed by atoms with van der Waals surface area (Å²) in [5.41, 5.74) is 1.83. The van der Waals surface area contributed by atoms with Crippen molar-refractivity contribution in [2.75, 3.05) is 4.72 Å². The molecule has 2 aromatic rings. The SMILES string of the molecule is CCc1ccc(CO)cc1S(=O)(=O)Nc1cccc(I)c1. The van der Waals surface area contributed by atoms with Gasteiger partial charge in [-0.3, -0.25) is 4.72 Å². The van der Waals surface area contributed by atoms with Crippen molar-refractivity contribution in [2.45, 2.75) is 24.8 Å². The van der Waals surface area contributed by atoms with Crippen molar-refractivity contribution in [3.63, 3.8) is 0 Å². The van der Waals surface area contributed by atoms with E-state index in [1.165, 1.54) is 6.07 Å². The Kier molecular flexibility index (Phi) is 5.23. The van der Waals surface area contributed by atoms with Crippen LogP contribution >= 0.6 is 22.6 Å². The van der Waals surface area contributed by atoms with Crippen molar-refractivity contribution in [1.29, 1.82) is 0 Å². The first-order valence-electron chi connectivity index (χ1n) is 6.47. The van der Waals surface area contributed by atoms with E-state index in [1.807, 2.05) is 13.0 Å². The number of aliphatic hydroxyl groups is 1. The minimum atomic E-state index is -3.67. The topological polar surface area (TPSA) is 66.4 Å². The largest absolute Gasteiger partial charge is 0.392 e. The van der Waals surface area contributed by atoms with Gasteiger partial charge in [0, 0.05) is 9.26 Å². The highest BCUT2D eigenvalue weighted by Gasteiger charge is 2.18. The minimum absolute atomic E-state index is 0.185. The normalized spacial score (nSPS) is 11.4. The maximum absolute atomic E-state index is 12.6. The molecule has 0 saturated carbocycles. The van der Waals surface area contributed by atoms with Crippen molar-refractivity contribution in [3.8, 4) is 0 Å². The Morgan fingerprint density at radius 1 is 1.19 bits per heavy atom. The summed E-state index contributed by atoms with van der Waals surface area (Å²) in [7, 11) is -3.67. The second-order valence-corrected chi connectivity index (χ2v) is 7.47. The van der Waals surface area contributed by atoms with Gasteiger partial charge in [-0.05, 0) is 64.4 Å². The summed E-state index contributed by atoms with van der Waals surface area (Å²) < 4.78 is 28.7. The molecule has 0 radical (unpaired) electrons. The van der Waals surface area contributed by atoms with Gasteiger partial charge in [-0.2, -0.15) is 0 Å². The lowest BCUT2D eigenvalue weighted by Gasteiger charge is -2.13. The van der Waals surface area contributed by atoms with Gasteiger partial charge in [0.2, 0.25) is 0 Å². The molecule has 0 bridgehead atoms. The maximum Gasteiger partial charge on any atom is 0.262 e. The third kappa shape index (κ3) is 3.96. The van der Waals surface area contributed by atoms with E-state index < -0.39 is 10.0 Å². The van der Waals surface area contributed by atoms with Crippen LogP contribution in [-0.4, -0.2) is 13.5 Å². The predicted molar refractivity (Wildman–Crippen MR) is 91.7 cm³/mol. The summed E-state index contributed by atoms with van der Waals surface area (Å²) in [6.45, 7) is 1.72. The van der Waals surface area contributed by atoms with Crippen LogP contribution in [0.1, 0.15) is 18.1 Å². The number of aliphatic hydroxyl groups excluding tert-OH is 1. The summed E-state index contributed by atoms with van der Waals surface area (Å²) in [6, 6.07) is 12.2. The molecule has 0 amide bonds. The molecular weight excluding hydrogens is 401 g/mol. The van der Waals surface area contributed by atoms with Gasteiger partial charge >= 0.3 is 0 Å². The van der Waals surface area contributed by atoms with Crippen LogP contribution in [0, 0.1) is 3.57 Å². The van der Waals surface area contributed by atoms with E-state index in [-0.39, 0.29) is 11.5 Å². The fourth-order valence-corrected chi connectivity index (χ4v) is 3.96. The molecular formula is C15H16INO3S. The van der Waals surface area contributed by atoms with Gasteiger partial charge in [-0.15, -0.1) is 0 Å². The Labute approximate surface area is 138 Å². The molecule has 0 aliphatic heterocycles. The van der Waals surface area contributed by atoms with Crippen molar-refractivity contribution in [2.24, 2.45) is 0 Å². The number of nitrogens with one attached hydrogen (secondary N) is 1. The second-order valence-electron chi connectivity index (χ2n) is 4.57. The van der Waals surface area contributed by atoms with Gasteiger partial charge in [0.15, 0.2) is 0 Å². The molecule has 0 unspecified atom stereocenters. The van der Waals surface area contributed by atoms with Gasteiger partial charge < -0.3 is 5.11 Å². The van der Waals surface area contributed by atoms with Crippen LogP contribution in [0.25, 0.3) is 0 Å². The smallest absolute Gasteiger partial charge is 0.262 e. The lowest BCUT2D eigenvalue weighted by atomic mass is 10.1. The summed E-state index contributed by atoms with van der Waals surface area (Å²) in [5.74, 6) is 0. The van der Waals surface area contributed by atoms with Gasteiger partial charge in [0.1, 0.15) is 0 Å². The molecule has 112 valence electrons. The van der Waals surface area contributed by atoms with E-state index in [1.54, 1.807) is 30.3 Å². The van der Waals surface area contributed by atoms with Crippen LogP contribution < -0.4 is 4.72 Å². The molecule has 2 N–H and O–H groups in total. The number of aryl methyl sites for hydroxylation is 1. The van der Waals surface area contributed by atoms with Crippen LogP contribution in [0.2, 0.25) is 0 Å². The van der Waals surface area contributed by atoms with Crippen molar-refractivity contribution >= 4 is 38.3 Å². The number of hydrogen-bond donors (Lipinski definition) is 2. The number of anilines is 1. The Hall–Kier alpha value is -1.12. The number of benzene rings is 2. The summed E-state index contributed by atoms with van der Waals surface area (Å²) in [6.07, 6.45) is 0.605. The maximum atomic E-state index is 12.6. The molecule has 2 aromatic carbocycles. The Balaban J connectivity index is 2.43. The van der Waals surface area contributed by atoms with Gasteiger partial charge in [0.05, 0.1) is 11.5 Å². The van der Waals surface area contributed by atoms with E-state index in [0.717, 1.165) is 9.13 Å². The van der Waals surface area contributed by atoms with Crippen LogP contribution in [-0.2, 0) is 23.1 Å². The van der Waals surface area contributed by atoms with Crippen LogP contribution in [0.3, 0.4) is 0 Å². The van der Waals surface area contributed by atoms with E-state index >= 15 is 0 Å². The Morgan fingerprint density at radius 2 is 1.95 bits per heavy atom. The first kappa shape index (κ1) is 16.3. The van der Waals surface area contributed by atoms with Crippen molar-refractivity contribution in [1.82, 2.24) is 0 Å². The quantitative estimate of drug-likeness (QED) is 0.735. The van der Waals surface area contributed by atoms with Gasteiger partial charge in [-0.1, -0.05) is 25.1 Å². The van der Waals surface area contributed by atoms with Gasteiger partial charge in [0.25, 0.3) is 10.0 Å². The summed E-state index contributed by atoms with van der Waals surface area (Å²) in [4.78, 5) is 0.218. The molecule has 0 aromatic heterocycles. The fourth-order valence-electron chi connectivity index (χ4n) is 2.00. The summed E-state index contributed by atoms with van der Waals surface area (Å²) in [5, 5.41) is 9.20. The standard InChI is InChI=1S/C15H16INO3S/c1-2-12-7-6-11(10-18)8-15(12)21(19,20)17-14-5-3-4-13(16)9-14/h3-9,17-18H,2,10H2,1H3. The van der Waals surface area contributed by atoms with Crippen LogP contribution in [0.15, 0.2) is 47.4 Å². The zero-order valence-electron chi connectivity index (χ0n) is 11.5. The van der Waals surface area contributed by atoms with Gasteiger partial charge in [-0.25, -0.2) is 8.42 Å². The highest BCUT2D eigenvalue weighted by atomic mass is 127. The Bertz CT molecular complexity index is 744. The average Bonchev–Trinajstić information content (AvgIpc) is 2.46. The second kappa shape index (κ2) is 6.76. The van der Waals surface area contributed by atoms with Crippen LogP contribution in [0.4, 0.5) is 5.69 Å². The molecule has 0 saturated heterocycles. The lowest BCUT2D eigenvalue weighted by Crippen LogP contribution is -2.15. The molecule has 0 aliphatic carbocycles. The zero-order chi connectivity index (χ0) is 15.5. The van der Waals surface area contributed by atoms with E-state index in [0.29, 0.717) is 17.7 Å². The molecule has 0 atom stereocenters. The number of hydrogen-bond acceptors (Lipinski definition) is 3. The van der Waals surface area contributed by atoms with E-state index in [9.17, 15) is 13.5 Å². The third-order valence-corrected chi connectivity index (χ3v) is 5.20. The van der Waals surface area contributed by atoms with Crippen LogP contribution in [0.5, 0.6) is 0 Å². The van der Waals surface area contributed by atoms with Crippen molar-refractivity contribution < 1.29 is 13.5 Å². The number of rotatable bonds is 5. The third-order valence-electron chi connectivity index (χ3n) is 3.06. The monoisotopic (exact) mass is 417 g/mol. The molecule has 2 rings (SSSR count). The first-order valence-corrected chi connectivity index (χ1v) is 9.03. The highest BCUT2D eigenvalue weighted by Crippen LogP contribution is 2.22. The lowest BCUT2D eigenvalue weighted by molar-refractivity contribution is 0.281. The predicted octanol–water partition coefficient (Wildman–Crippen LogP) is 3.15. The fraction of sp³-hybridized carbons (Fsp3) is 0.200. The first-order chi connectivity index (χ1) is 9.96. The van der Waals surface area contributed by atoms with Crippen molar-refractivity contribution in [3.05, 3.63) is 57.2 Å². The Morgan fingerprint density at radius 3 is 2.57 bits per heavy atom. The summed E-state index contributed by atoms with van der Waals surface area (Å²) >= 11 is 2.13. The zero-order valence-corrected chi connectivity index (χ0v) is 14.5. The number of sulfonamides is 1. The molecule has 6 heteroatoms. The van der Waals surface area contributed by atoms with E-state index in [4.69, 9.17) is 0 Å². The van der Waals surface area contributed by atoms with E-state index in [2.05, 4.69) is 27.3 Å². The average molecular weight is 417 g/mol. The molecule has 0 aliphatic rings. The molecule has 0 spiro atoms. The number of halogens is 1. The molecule has 21 heavy (non-hydrogen) atoms. The highest BCUT2D eigenvalue weighted by molar-refractivity contribution is 14.1. The minimum Gasteiger partial charge on any atom is -0.392 e. The molecule has 0 heterocycles.